The van der Waals surface area contributed by atoms with Crippen LogP contribution in [-0.2, 0) is 23.8 Å². The van der Waals surface area contributed by atoms with E-state index in [0.29, 0.717) is 0 Å². The summed E-state index contributed by atoms with van der Waals surface area (Å²) in [5.74, 6) is -0.668. The highest BCUT2D eigenvalue weighted by Crippen LogP contribution is 2.00. The lowest BCUT2D eigenvalue weighted by molar-refractivity contribution is -0.150. The first kappa shape index (κ1) is 16.9. The number of rotatable bonds is 8. The summed E-state index contributed by atoms with van der Waals surface area (Å²) < 4.78 is 15.2. The van der Waals surface area contributed by atoms with Crippen LogP contribution in [0.5, 0.6) is 0 Å². The number of hydrogen-bond donors (Lipinski definition) is 0. The standard InChI is InChI=1S/C10H16Br2O5/c1-7(5-16-9(13)3-11)15-6-8(2)17-10(14)4-12/h7-8H,3-6H2,1-2H3. The Kier molecular flexibility index (Phi) is 9.76. The summed E-state index contributed by atoms with van der Waals surface area (Å²) in [7, 11) is 0. The Morgan fingerprint density at radius 3 is 2.12 bits per heavy atom. The molecule has 0 saturated heterocycles. The molecule has 0 amide bonds. The summed E-state index contributed by atoms with van der Waals surface area (Å²) in [5.41, 5.74) is 0. The largest absolute Gasteiger partial charge is 0.462 e. The van der Waals surface area contributed by atoms with E-state index in [-0.39, 0.29) is 48.0 Å². The summed E-state index contributed by atoms with van der Waals surface area (Å²) in [6.45, 7) is 3.97. The normalized spacial score (nSPS) is 13.9. The maximum atomic E-state index is 10.9. The molecule has 0 aliphatic heterocycles. The van der Waals surface area contributed by atoms with Gasteiger partial charge in [-0.25, -0.2) is 0 Å². The van der Waals surface area contributed by atoms with E-state index in [1.807, 2.05) is 0 Å². The minimum Gasteiger partial charge on any atom is -0.462 e. The lowest BCUT2D eigenvalue weighted by Crippen LogP contribution is -2.26. The number of ether oxygens (including phenoxy) is 3. The fourth-order valence-electron chi connectivity index (χ4n) is 0.887. The molecular formula is C10H16Br2O5. The van der Waals surface area contributed by atoms with Gasteiger partial charge in [-0.05, 0) is 13.8 Å². The number of carbonyl (C=O) groups excluding carboxylic acids is 2. The van der Waals surface area contributed by atoms with Crippen molar-refractivity contribution in [3.05, 3.63) is 0 Å². The fourth-order valence-corrected chi connectivity index (χ4v) is 1.18. The monoisotopic (exact) mass is 374 g/mol. The van der Waals surface area contributed by atoms with Gasteiger partial charge in [-0.1, -0.05) is 31.9 Å². The van der Waals surface area contributed by atoms with E-state index >= 15 is 0 Å². The molecule has 0 saturated carbocycles. The highest BCUT2D eigenvalue weighted by molar-refractivity contribution is 9.09. The van der Waals surface area contributed by atoms with E-state index in [9.17, 15) is 9.59 Å². The van der Waals surface area contributed by atoms with Gasteiger partial charge in [0.05, 0.1) is 12.7 Å². The molecule has 17 heavy (non-hydrogen) atoms. The van der Waals surface area contributed by atoms with E-state index in [1.165, 1.54) is 0 Å². The summed E-state index contributed by atoms with van der Waals surface area (Å²) >= 11 is 5.98. The van der Waals surface area contributed by atoms with Crippen LogP contribution in [0.4, 0.5) is 0 Å². The lowest BCUT2D eigenvalue weighted by atomic mass is 10.4. The van der Waals surface area contributed by atoms with Crippen LogP contribution in [0.2, 0.25) is 0 Å². The molecular weight excluding hydrogens is 360 g/mol. The molecule has 0 heterocycles. The Morgan fingerprint density at radius 1 is 1.00 bits per heavy atom. The van der Waals surface area contributed by atoms with Gasteiger partial charge < -0.3 is 14.2 Å². The molecule has 0 aliphatic rings. The molecule has 7 heteroatoms. The van der Waals surface area contributed by atoms with Crippen molar-refractivity contribution in [1.29, 1.82) is 0 Å². The van der Waals surface area contributed by atoms with Gasteiger partial charge in [-0.3, -0.25) is 9.59 Å². The van der Waals surface area contributed by atoms with Gasteiger partial charge in [0.2, 0.25) is 0 Å². The van der Waals surface area contributed by atoms with E-state index in [1.54, 1.807) is 13.8 Å². The number of alkyl halides is 2. The molecule has 0 aromatic rings. The second kappa shape index (κ2) is 9.85. The van der Waals surface area contributed by atoms with Crippen molar-refractivity contribution < 1.29 is 23.8 Å². The Labute approximate surface area is 117 Å². The van der Waals surface area contributed by atoms with Crippen molar-refractivity contribution in [3.8, 4) is 0 Å². The van der Waals surface area contributed by atoms with Crippen molar-refractivity contribution in [2.24, 2.45) is 0 Å². The van der Waals surface area contributed by atoms with Crippen LogP contribution < -0.4 is 0 Å². The van der Waals surface area contributed by atoms with Crippen LogP contribution in [0.3, 0.4) is 0 Å². The Hall–Kier alpha value is -0.140. The van der Waals surface area contributed by atoms with E-state index in [2.05, 4.69) is 31.9 Å². The van der Waals surface area contributed by atoms with Gasteiger partial charge in [0.15, 0.2) is 0 Å². The van der Waals surface area contributed by atoms with Crippen LogP contribution in [-0.4, -0.2) is 48.0 Å². The first-order valence-electron chi connectivity index (χ1n) is 5.08. The van der Waals surface area contributed by atoms with Crippen LogP contribution in [0, 0.1) is 0 Å². The third-order valence-corrected chi connectivity index (χ3v) is 2.56. The molecule has 0 aliphatic carbocycles. The second-order valence-electron chi connectivity index (χ2n) is 3.39. The molecule has 0 spiro atoms. The maximum Gasteiger partial charge on any atom is 0.316 e. The minimum atomic E-state index is -0.334. The molecule has 100 valence electrons. The highest BCUT2D eigenvalue weighted by atomic mass is 79.9. The summed E-state index contributed by atoms with van der Waals surface area (Å²) in [6, 6.07) is 0. The topological polar surface area (TPSA) is 61.8 Å². The van der Waals surface area contributed by atoms with Gasteiger partial charge in [-0.15, -0.1) is 0 Å². The average molecular weight is 376 g/mol. The van der Waals surface area contributed by atoms with Gasteiger partial charge in [0, 0.05) is 0 Å². The molecule has 0 fully saturated rings. The quantitative estimate of drug-likeness (QED) is 0.477. The molecule has 2 atom stereocenters. The number of halogens is 2. The van der Waals surface area contributed by atoms with Gasteiger partial charge in [-0.2, -0.15) is 0 Å². The zero-order valence-electron chi connectivity index (χ0n) is 9.78. The Morgan fingerprint density at radius 2 is 1.59 bits per heavy atom. The molecule has 0 radical (unpaired) electrons. The molecule has 0 aromatic carbocycles. The van der Waals surface area contributed by atoms with Crippen LogP contribution in [0.25, 0.3) is 0 Å². The zero-order chi connectivity index (χ0) is 13.3. The maximum absolute atomic E-state index is 10.9. The van der Waals surface area contributed by atoms with Crippen molar-refractivity contribution in [1.82, 2.24) is 0 Å². The smallest absolute Gasteiger partial charge is 0.316 e. The van der Waals surface area contributed by atoms with Crippen LogP contribution in [0.1, 0.15) is 13.8 Å². The second-order valence-corrected chi connectivity index (χ2v) is 4.52. The third kappa shape index (κ3) is 9.55. The minimum absolute atomic E-state index is 0.162. The first-order chi connectivity index (χ1) is 7.99. The zero-order valence-corrected chi connectivity index (χ0v) is 13.0. The number of esters is 2. The summed E-state index contributed by atoms with van der Waals surface area (Å²) in [6.07, 6.45) is -0.558. The van der Waals surface area contributed by atoms with E-state index < -0.39 is 0 Å². The third-order valence-electron chi connectivity index (χ3n) is 1.65. The summed E-state index contributed by atoms with van der Waals surface area (Å²) in [5, 5.41) is 0.328. The Balaban J connectivity index is 3.65. The van der Waals surface area contributed by atoms with Gasteiger partial charge in [0.25, 0.3) is 0 Å². The highest BCUT2D eigenvalue weighted by Gasteiger charge is 2.11. The van der Waals surface area contributed by atoms with E-state index in [0.717, 1.165) is 0 Å². The van der Waals surface area contributed by atoms with Crippen molar-refractivity contribution in [2.45, 2.75) is 26.1 Å². The lowest BCUT2D eigenvalue weighted by Gasteiger charge is -2.17. The number of hydrogen-bond acceptors (Lipinski definition) is 5. The first-order valence-corrected chi connectivity index (χ1v) is 7.32. The Bertz CT molecular complexity index is 247. The van der Waals surface area contributed by atoms with Gasteiger partial charge in [0.1, 0.15) is 23.4 Å². The predicted octanol–water partition coefficient (Wildman–Crippen LogP) is 1.66. The predicted molar refractivity (Wildman–Crippen MR) is 69.5 cm³/mol. The number of carbonyl (C=O) groups is 2. The SMILES string of the molecule is CC(COC(=O)CBr)OCC(C)OC(=O)CBr. The molecule has 2 unspecified atom stereocenters. The fraction of sp³-hybridized carbons (Fsp3) is 0.800. The molecule has 0 aromatic heterocycles. The summed E-state index contributed by atoms with van der Waals surface area (Å²) in [4.78, 5) is 21.8. The van der Waals surface area contributed by atoms with E-state index in [4.69, 9.17) is 14.2 Å². The van der Waals surface area contributed by atoms with Gasteiger partial charge >= 0.3 is 11.9 Å². The molecule has 0 bridgehead atoms. The molecule has 5 nitrogen and oxygen atoms in total. The van der Waals surface area contributed by atoms with Crippen LogP contribution in [0.15, 0.2) is 0 Å². The van der Waals surface area contributed by atoms with Crippen LogP contribution >= 0.6 is 31.9 Å². The average Bonchev–Trinajstić information content (AvgIpc) is 2.32. The van der Waals surface area contributed by atoms with Crippen molar-refractivity contribution in [2.75, 3.05) is 23.9 Å². The molecule has 0 rings (SSSR count). The molecule has 0 N–H and O–H groups in total. The van der Waals surface area contributed by atoms with Crippen molar-refractivity contribution in [3.63, 3.8) is 0 Å². The van der Waals surface area contributed by atoms with Crippen molar-refractivity contribution >= 4 is 43.8 Å².